The second-order valence-corrected chi connectivity index (χ2v) is 23.2. The number of hydrogen-bond acceptors (Lipinski definition) is 4. The van der Waals surface area contributed by atoms with Crippen LogP contribution in [0.5, 0.6) is 0 Å². The first kappa shape index (κ1) is 40.6. The smallest absolute Gasteiger partial charge is 0.373 e. The van der Waals surface area contributed by atoms with Crippen molar-refractivity contribution in [3.63, 3.8) is 0 Å². The fraction of sp³-hybridized carbons (Fsp3) is 0.979. The van der Waals surface area contributed by atoms with E-state index in [1.54, 1.807) is 0 Å². The molecule has 7 saturated carbocycles. The standard InChI is InChI=1S/C47H69F6NO2S/c48-46(49,50)30-18-28(19-31(22-30)47(51,52)53)29-20-35(45-38(21-29)41(55)25-42(56-45)27-8-2-1-3-9-27)26-14-16-32(17-15-26)54-39-12-6-4-10-33(39)36-23-37-34-11-5-7-13-43(34)57-44(37)24-40(36)54/h26-40,42-45H,1-25H2. The number of likely N-dealkylation sites (tertiary alicyclic amines) is 1. The van der Waals surface area contributed by atoms with Crippen LogP contribution < -0.4 is 0 Å². The number of rotatable bonds is 4. The van der Waals surface area contributed by atoms with Crippen LogP contribution in [0.3, 0.4) is 0 Å². The molecule has 0 aromatic rings. The molecular formula is C47H69F6NO2S. The third kappa shape index (κ3) is 7.72. The lowest BCUT2D eigenvalue weighted by Crippen LogP contribution is -2.55. The molecule has 10 aliphatic rings. The third-order valence-corrected chi connectivity index (χ3v) is 20.9. The van der Waals surface area contributed by atoms with Crippen molar-refractivity contribution in [2.45, 2.75) is 214 Å². The minimum atomic E-state index is -4.64. The highest BCUT2D eigenvalue weighted by atomic mass is 32.2. The molecule has 15 atom stereocenters. The highest BCUT2D eigenvalue weighted by Gasteiger charge is 2.60. The maximum Gasteiger partial charge on any atom is 0.391 e. The number of thioether (sulfide) groups is 1. The molecule has 322 valence electrons. The molecule has 10 heteroatoms. The Kier molecular flexibility index (Phi) is 11.4. The molecule has 0 N–H and O–H groups in total. The minimum Gasteiger partial charge on any atom is -0.373 e. The number of Topliss-reactive ketones (excluding diaryl/α,β-unsaturated/α-hetero) is 1. The fourth-order valence-corrected chi connectivity index (χ4v) is 18.7. The van der Waals surface area contributed by atoms with Crippen LogP contribution in [0.1, 0.15) is 161 Å². The second-order valence-electron chi connectivity index (χ2n) is 21.7. The molecule has 15 unspecified atom stereocenters. The Balaban J connectivity index is 0.884. The average Bonchev–Trinajstić information content (AvgIpc) is 3.74. The predicted molar refractivity (Wildman–Crippen MR) is 211 cm³/mol. The molecule has 0 amide bonds. The van der Waals surface area contributed by atoms with Crippen LogP contribution >= 0.6 is 11.8 Å². The molecule has 3 nitrogen and oxygen atoms in total. The number of ketones is 1. The molecule has 57 heavy (non-hydrogen) atoms. The quantitative estimate of drug-likeness (QED) is 0.264. The summed E-state index contributed by atoms with van der Waals surface area (Å²) in [6.07, 6.45) is 14.4. The number of halogens is 6. The van der Waals surface area contributed by atoms with Crippen molar-refractivity contribution in [3.05, 3.63) is 0 Å². The SMILES string of the molecule is O=C1CC(C2CCCCC2)OC2C1CC(C1CC(C(F)(F)F)CC(C(F)(F)F)C1)CC2C1CCC(N2C3CCCCC3C3CC4C(CC32)SC2CCCCC24)CC1. The molecule has 10 fully saturated rings. The fourth-order valence-electron chi connectivity index (χ4n) is 16.6. The zero-order valence-electron chi connectivity index (χ0n) is 34.1. The highest BCUT2D eigenvalue weighted by molar-refractivity contribution is 8.00. The summed E-state index contributed by atoms with van der Waals surface area (Å²) in [6.45, 7) is 0. The average molecular weight is 826 g/mol. The van der Waals surface area contributed by atoms with Crippen LogP contribution in [0.4, 0.5) is 26.3 Å². The van der Waals surface area contributed by atoms with Gasteiger partial charge in [-0.3, -0.25) is 9.69 Å². The van der Waals surface area contributed by atoms with Gasteiger partial charge in [0.1, 0.15) is 5.78 Å². The van der Waals surface area contributed by atoms with E-state index in [2.05, 4.69) is 16.7 Å². The van der Waals surface area contributed by atoms with E-state index >= 15 is 0 Å². The molecule has 0 spiro atoms. The van der Waals surface area contributed by atoms with Crippen molar-refractivity contribution in [2.24, 2.45) is 71.0 Å². The zero-order chi connectivity index (χ0) is 39.2. The summed E-state index contributed by atoms with van der Waals surface area (Å²) in [5, 5.41) is 1.71. The number of carbonyl (C=O) groups excluding carboxylic acids is 1. The first-order valence-corrected chi connectivity index (χ1v) is 25.1. The van der Waals surface area contributed by atoms with Crippen LogP contribution in [0.25, 0.3) is 0 Å². The Labute approximate surface area is 342 Å². The first-order valence-electron chi connectivity index (χ1n) is 24.1. The van der Waals surface area contributed by atoms with Crippen LogP contribution in [0.15, 0.2) is 0 Å². The van der Waals surface area contributed by atoms with E-state index in [0.29, 0.717) is 49.2 Å². The number of ether oxygens (including phenoxy) is 1. The Morgan fingerprint density at radius 2 is 1.16 bits per heavy atom. The molecular weight excluding hydrogens is 757 g/mol. The van der Waals surface area contributed by atoms with Gasteiger partial charge in [-0.2, -0.15) is 38.1 Å². The topological polar surface area (TPSA) is 29.5 Å². The van der Waals surface area contributed by atoms with Crippen molar-refractivity contribution < 1.29 is 35.9 Å². The minimum absolute atomic E-state index is 0.0306. The Bertz CT molecular complexity index is 1400. The van der Waals surface area contributed by atoms with Gasteiger partial charge in [0.2, 0.25) is 0 Å². The van der Waals surface area contributed by atoms with Gasteiger partial charge >= 0.3 is 12.4 Å². The molecule has 0 aromatic heterocycles. The van der Waals surface area contributed by atoms with Crippen molar-refractivity contribution in [1.82, 2.24) is 4.90 Å². The van der Waals surface area contributed by atoms with Crippen LogP contribution in [0.2, 0.25) is 0 Å². The highest BCUT2D eigenvalue weighted by Crippen LogP contribution is 2.62. The first-order chi connectivity index (χ1) is 27.4. The van der Waals surface area contributed by atoms with Crippen molar-refractivity contribution in [1.29, 1.82) is 0 Å². The van der Waals surface area contributed by atoms with Gasteiger partial charge in [0.05, 0.1) is 24.0 Å². The second kappa shape index (κ2) is 16.0. The molecule has 7 aliphatic carbocycles. The summed E-state index contributed by atoms with van der Waals surface area (Å²) >= 11 is 2.37. The van der Waals surface area contributed by atoms with Gasteiger partial charge in [-0.15, -0.1) is 0 Å². The summed E-state index contributed by atoms with van der Waals surface area (Å²) in [5.41, 5.74) is 0. The Morgan fingerprint density at radius 1 is 0.509 bits per heavy atom. The summed E-state index contributed by atoms with van der Waals surface area (Å²) < 4.78 is 92.4. The van der Waals surface area contributed by atoms with Gasteiger partial charge in [-0.1, -0.05) is 44.9 Å². The van der Waals surface area contributed by atoms with E-state index in [1.165, 1.54) is 70.6 Å². The molecule has 0 bridgehead atoms. The molecule has 3 aliphatic heterocycles. The number of hydrogen-bond donors (Lipinski definition) is 0. The van der Waals surface area contributed by atoms with E-state index in [-0.39, 0.29) is 42.7 Å². The van der Waals surface area contributed by atoms with Crippen LogP contribution in [0, 0.1) is 71.0 Å². The van der Waals surface area contributed by atoms with E-state index in [4.69, 9.17) is 4.74 Å². The van der Waals surface area contributed by atoms with Gasteiger partial charge in [0.25, 0.3) is 0 Å². The molecule has 3 saturated heterocycles. The molecule has 0 radical (unpaired) electrons. The molecule has 0 aromatic carbocycles. The Morgan fingerprint density at radius 3 is 1.88 bits per heavy atom. The Hall–Kier alpha value is -0.480. The number of carbonyl (C=O) groups is 1. The lowest BCUT2D eigenvalue weighted by molar-refractivity contribution is -0.234. The monoisotopic (exact) mass is 825 g/mol. The largest absolute Gasteiger partial charge is 0.391 e. The molecule has 3 heterocycles. The number of alkyl halides is 6. The molecule has 10 rings (SSSR count). The van der Waals surface area contributed by atoms with Crippen LogP contribution in [-0.2, 0) is 9.53 Å². The maximum atomic E-state index is 14.2. The summed E-state index contributed by atoms with van der Waals surface area (Å²) in [5.74, 6) is -0.799. The summed E-state index contributed by atoms with van der Waals surface area (Å²) in [6, 6.07) is 1.96. The lowest BCUT2D eigenvalue weighted by Gasteiger charge is -2.53. The van der Waals surface area contributed by atoms with Crippen molar-refractivity contribution in [2.75, 3.05) is 0 Å². The van der Waals surface area contributed by atoms with Gasteiger partial charge in [-0.05, 0) is 162 Å². The van der Waals surface area contributed by atoms with Gasteiger partial charge in [0, 0.05) is 41.0 Å². The number of nitrogens with zero attached hydrogens (tertiary/aromatic N) is 1. The normalized spacial score (nSPS) is 50.0. The van der Waals surface area contributed by atoms with Crippen molar-refractivity contribution in [3.8, 4) is 0 Å². The van der Waals surface area contributed by atoms with E-state index in [0.717, 1.165) is 85.5 Å². The third-order valence-electron chi connectivity index (χ3n) is 19.1. The zero-order valence-corrected chi connectivity index (χ0v) is 34.9. The van der Waals surface area contributed by atoms with E-state index in [1.807, 2.05) is 0 Å². The van der Waals surface area contributed by atoms with Crippen molar-refractivity contribution >= 4 is 17.5 Å². The van der Waals surface area contributed by atoms with Crippen LogP contribution in [-0.4, -0.2) is 63.9 Å². The maximum absolute atomic E-state index is 14.2. The van der Waals surface area contributed by atoms with E-state index in [9.17, 15) is 31.1 Å². The van der Waals surface area contributed by atoms with Gasteiger partial charge in [-0.25, -0.2) is 0 Å². The van der Waals surface area contributed by atoms with Gasteiger partial charge < -0.3 is 4.74 Å². The summed E-state index contributed by atoms with van der Waals surface area (Å²) in [7, 11) is 0. The van der Waals surface area contributed by atoms with E-state index < -0.39 is 42.4 Å². The summed E-state index contributed by atoms with van der Waals surface area (Å²) in [4.78, 5) is 17.3. The predicted octanol–water partition coefficient (Wildman–Crippen LogP) is 12.6. The number of fused-ring (bicyclic) bond motifs is 7. The lowest BCUT2D eigenvalue weighted by atomic mass is 9.58. The van der Waals surface area contributed by atoms with Gasteiger partial charge in [0.15, 0.2) is 0 Å².